The van der Waals surface area contributed by atoms with Crippen molar-refractivity contribution in [1.82, 2.24) is 0 Å². The summed E-state index contributed by atoms with van der Waals surface area (Å²) in [7, 11) is 1.64. The molecule has 0 unspecified atom stereocenters. The van der Waals surface area contributed by atoms with Crippen molar-refractivity contribution in [2.45, 2.75) is 12.8 Å². The molecular weight excluding hydrogens is 308 g/mol. The van der Waals surface area contributed by atoms with E-state index in [4.69, 9.17) is 16.3 Å². The first kappa shape index (κ1) is 15.6. The van der Waals surface area contributed by atoms with E-state index in [0.29, 0.717) is 5.02 Å². The number of Topliss-reactive ketones (excluding diaryl/α,β-unsaturated/α-hetero) is 1. The highest BCUT2D eigenvalue weighted by Crippen LogP contribution is 2.30. The van der Waals surface area contributed by atoms with Crippen molar-refractivity contribution in [2.75, 3.05) is 7.11 Å². The minimum atomic E-state index is 0.135. The molecule has 1 saturated carbocycles. The van der Waals surface area contributed by atoms with E-state index in [0.717, 1.165) is 40.9 Å². The summed E-state index contributed by atoms with van der Waals surface area (Å²) in [6.45, 7) is 0. The molecule has 116 valence electrons. The van der Waals surface area contributed by atoms with E-state index >= 15 is 0 Å². The van der Waals surface area contributed by atoms with Crippen molar-refractivity contribution < 1.29 is 9.53 Å². The second-order valence-electron chi connectivity index (χ2n) is 5.49. The minimum Gasteiger partial charge on any atom is -0.497 e. The third-order valence-corrected chi connectivity index (χ3v) is 4.17. The second-order valence-corrected chi connectivity index (χ2v) is 5.93. The van der Waals surface area contributed by atoms with Crippen LogP contribution in [-0.4, -0.2) is 12.9 Å². The molecule has 0 amide bonds. The van der Waals surface area contributed by atoms with Crippen molar-refractivity contribution >= 4 is 29.5 Å². The van der Waals surface area contributed by atoms with Crippen LogP contribution in [0.4, 0.5) is 0 Å². The quantitative estimate of drug-likeness (QED) is 0.727. The highest BCUT2D eigenvalue weighted by Gasteiger charge is 2.22. The van der Waals surface area contributed by atoms with Gasteiger partial charge in [0.15, 0.2) is 5.78 Å². The first-order valence-electron chi connectivity index (χ1n) is 7.51. The lowest BCUT2D eigenvalue weighted by atomic mass is 10.1. The van der Waals surface area contributed by atoms with Crippen molar-refractivity contribution in [3.8, 4) is 5.75 Å². The third kappa shape index (κ3) is 3.72. The monoisotopic (exact) mass is 324 g/mol. The number of hydrogen-bond donors (Lipinski definition) is 0. The van der Waals surface area contributed by atoms with Gasteiger partial charge in [-0.05, 0) is 60.4 Å². The maximum absolute atomic E-state index is 12.5. The van der Waals surface area contributed by atoms with Gasteiger partial charge in [-0.1, -0.05) is 35.9 Å². The summed E-state index contributed by atoms with van der Waals surface area (Å²) in [5.41, 5.74) is 3.73. The number of benzene rings is 2. The van der Waals surface area contributed by atoms with Gasteiger partial charge in [-0.3, -0.25) is 4.79 Å². The van der Waals surface area contributed by atoms with E-state index in [1.165, 1.54) is 0 Å². The number of rotatable bonds is 3. The normalized spacial score (nSPS) is 17.9. The molecule has 0 heterocycles. The van der Waals surface area contributed by atoms with Crippen LogP contribution >= 0.6 is 11.6 Å². The Morgan fingerprint density at radius 3 is 1.83 bits per heavy atom. The molecule has 0 aliphatic heterocycles. The Morgan fingerprint density at radius 1 is 0.870 bits per heavy atom. The molecule has 0 radical (unpaired) electrons. The summed E-state index contributed by atoms with van der Waals surface area (Å²) in [4.78, 5) is 12.5. The molecule has 2 nitrogen and oxygen atoms in total. The highest BCUT2D eigenvalue weighted by atomic mass is 35.5. The Morgan fingerprint density at radius 2 is 1.35 bits per heavy atom. The number of carbonyl (C=O) groups is 1. The molecule has 0 atom stereocenters. The topological polar surface area (TPSA) is 26.3 Å². The van der Waals surface area contributed by atoms with Crippen LogP contribution in [-0.2, 0) is 4.79 Å². The van der Waals surface area contributed by atoms with E-state index in [-0.39, 0.29) is 5.78 Å². The van der Waals surface area contributed by atoms with E-state index in [9.17, 15) is 4.79 Å². The van der Waals surface area contributed by atoms with Gasteiger partial charge in [0.25, 0.3) is 0 Å². The molecule has 0 N–H and O–H groups in total. The summed E-state index contributed by atoms with van der Waals surface area (Å²) in [5.74, 6) is 0.948. The molecular formula is C20H17ClO2. The van der Waals surface area contributed by atoms with E-state index in [1.807, 2.05) is 60.7 Å². The number of hydrogen-bond acceptors (Lipinski definition) is 2. The number of allylic oxidation sites excluding steroid dienone is 2. The average Bonchev–Trinajstić information content (AvgIpc) is 2.91. The predicted molar refractivity (Wildman–Crippen MR) is 94.6 cm³/mol. The van der Waals surface area contributed by atoms with E-state index < -0.39 is 0 Å². The Hall–Kier alpha value is -2.32. The van der Waals surface area contributed by atoms with Crippen LogP contribution in [0, 0.1) is 0 Å². The Bertz CT molecular complexity index is 768. The summed E-state index contributed by atoms with van der Waals surface area (Å²) < 4.78 is 5.15. The van der Waals surface area contributed by atoms with Gasteiger partial charge in [0.2, 0.25) is 0 Å². The van der Waals surface area contributed by atoms with E-state index in [1.54, 1.807) is 7.11 Å². The lowest BCUT2D eigenvalue weighted by molar-refractivity contribution is -0.111. The van der Waals surface area contributed by atoms with Crippen molar-refractivity contribution in [2.24, 2.45) is 0 Å². The van der Waals surface area contributed by atoms with Crippen molar-refractivity contribution in [1.29, 1.82) is 0 Å². The van der Waals surface area contributed by atoms with Crippen LogP contribution in [0.3, 0.4) is 0 Å². The summed E-state index contributed by atoms with van der Waals surface area (Å²) in [6.07, 6.45) is 5.48. The SMILES string of the molecule is COc1ccc(C=C2CCC(=Cc3ccc(Cl)cc3)C2=O)cc1. The Balaban J connectivity index is 1.80. The number of methoxy groups -OCH3 is 1. The van der Waals surface area contributed by atoms with Gasteiger partial charge in [-0.25, -0.2) is 0 Å². The smallest absolute Gasteiger partial charge is 0.185 e. The molecule has 23 heavy (non-hydrogen) atoms. The molecule has 3 rings (SSSR count). The third-order valence-electron chi connectivity index (χ3n) is 3.91. The molecule has 2 aromatic carbocycles. The molecule has 0 saturated heterocycles. The number of halogens is 1. The largest absolute Gasteiger partial charge is 0.497 e. The van der Waals surface area contributed by atoms with Crippen LogP contribution in [0.5, 0.6) is 5.75 Å². The fourth-order valence-corrected chi connectivity index (χ4v) is 2.77. The Kier molecular flexibility index (Phi) is 4.63. The number of ether oxygens (including phenoxy) is 1. The fraction of sp³-hybridized carbons (Fsp3) is 0.150. The van der Waals surface area contributed by atoms with Gasteiger partial charge in [0.1, 0.15) is 5.75 Å². The molecule has 0 bridgehead atoms. The van der Waals surface area contributed by atoms with Gasteiger partial charge in [-0.15, -0.1) is 0 Å². The number of carbonyl (C=O) groups excluding carboxylic acids is 1. The Labute approximate surface area is 141 Å². The summed E-state index contributed by atoms with van der Waals surface area (Å²) in [6, 6.07) is 15.2. The van der Waals surface area contributed by atoms with Gasteiger partial charge < -0.3 is 4.74 Å². The molecule has 2 aromatic rings. The zero-order valence-electron chi connectivity index (χ0n) is 12.9. The minimum absolute atomic E-state index is 0.135. The van der Waals surface area contributed by atoms with Gasteiger partial charge in [0, 0.05) is 16.2 Å². The highest BCUT2D eigenvalue weighted by molar-refractivity contribution is 6.30. The van der Waals surface area contributed by atoms with Crippen LogP contribution in [0.25, 0.3) is 12.2 Å². The zero-order chi connectivity index (χ0) is 16.2. The lowest BCUT2D eigenvalue weighted by Crippen LogP contribution is -1.95. The maximum atomic E-state index is 12.5. The second kappa shape index (κ2) is 6.84. The first-order chi connectivity index (χ1) is 11.2. The molecule has 1 fully saturated rings. The fourth-order valence-electron chi connectivity index (χ4n) is 2.64. The van der Waals surface area contributed by atoms with Crippen LogP contribution in [0.1, 0.15) is 24.0 Å². The number of ketones is 1. The molecule has 3 heteroatoms. The van der Waals surface area contributed by atoms with Crippen LogP contribution < -0.4 is 4.74 Å². The van der Waals surface area contributed by atoms with Crippen molar-refractivity contribution in [3.05, 3.63) is 75.8 Å². The lowest BCUT2D eigenvalue weighted by Gasteiger charge is -2.00. The van der Waals surface area contributed by atoms with E-state index in [2.05, 4.69) is 0 Å². The summed E-state index contributed by atoms with van der Waals surface area (Å²) in [5, 5.41) is 0.699. The van der Waals surface area contributed by atoms with Crippen LogP contribution in [0.15, 0.2) is 59.7 Å². The standard InChI is InChI=1S/C20H17ClO2/c1-23-19-10-4-15(5-11-19)13-17-7-6-16(20(17)22)12-14-2-8-18(21)9-3-14/h2-5,8-13H,6-7H2,1H3. The zero-order valence-corrected chi connectivity index (χ0v) is 13.6. The molecule has 0 spiro atoms. The first-order valence-corrected chi connectivity index (χ1v) is 7.89. The van der Waals surface area contributed by atoms with Gasteiger partial charge in [0.05, 0.1) is 7.11 Å². The van der Waals surface area contributed by atoms with Gasteiger partial charge >= 0.3 is 0 Å². The maximum Gasteiger partial charge on any atom is 0.185 e. The molecule has 1 aliphatic rings. The molecule has 0 aromatic heterocycles. The van der Waals surface area contributed by atoms with Crippen LogP contribution in [0.2, 0.25) is 5.02 Å². The molecule has 1 aliphatic carbocycles. The van der Waals surface area contributed by atoms with Crippen molar-refractivity contribution in [3.63, 3.8) is 0 Å². The summed E-state index contributed by atoms with van der Waals surface area (Å²) >= 11 is 5.89. The predicted octanol–water partition coefficient (Wildman–Crippen LogP) is 5.18. The van der Waals surface area contributed by atoms with Gasteiger partial charge in [-0.2, -0.15) is 0 Å². The average molecular weight is 325 g/mol.